The van der Waals surface area contributed by atoms with E-state index in [0.717, 1.165) is 0 Å². The van der Waals surface area contributed by atoms with E-state index in [9.17, 15) is 4.79 Å². The van der Waals surface area contributed by atoms with E-state index < -0.39 is 5.24 Å². The van der Waals surface area contributed by atoms with E-state index >= 15 is 0 Å². The van der Waals surface area contributed by atoms with Crippen LogP contribution in [0.1, 0.15) is 0 Å². The van der Waals surface area contributed by atoms with Gasteiger partial charge in [0.2, 0.25) is 5.24 Å². The normalized spacial score (nSPS) is 11.9. The van der Waals surface area contributed by atoms with E-state index in [4.69, 9.17) is 25.6 Å². The zero-order valence-corrected chi connectivity index (χ0v) is 10.7. The van der Waals surface area contributed by atoms with Gasteiger partial charge in [0.15, 0.2) is 0 Å². The summed E-state index contributed by atoms with van der Waals surface area (Å²) >= 11 is 5.11. The number of carbonyl (C=O) groups excluding carboxylic acids is 1. The fourth-order valence-corrected chi connectivity index (χ4v) is 0.631. The molecule has 0 amide bonds. The maximum absolute atomic E-state index is 10.3. The van der Waals surface area contributed by atoms with E-state index in [1.165, 1.54) is 0 Å². The molecule has 1 saturated carbocycles. The van der Waals surface area contributed by atoms with E-state index in [1.54, 1.807) is 25.7 Å². The Morgan fingerprint density at radius 2 is 1.27 bits per heavy atom. The first-order valence-corrected chi connectivity index (χ1v) is 3.21. The summed E-state index contributed by atoms with van der Waals surface area (Å²) in [6, 6.07) is 0. The molecule has 78 valence electrons. The van der Waals surface area contributed by atoms with Gasteiger partial charge >= 0.3 is 33.9 Å². The first-order valence-electron chi connectivity index (χ1n) is 2.83. The van der Waals surface area contributed by atoms with E-state index in [2.05, 4.69) is 20.0 Å². The third-order valence-electron chi connectivity index (χ3n) is 0.890. The minimum absolute atomic E-state index is 0. The van der Waals surface area contributed by atoms with Crippen LogP contribution in [0, 0.1) is 51.6 Å². The number of hydrogen-bond donors (Lipinski definition) is 0. The van der Waals surface area contributed by atoms with Gasteiger partial charge in [-0.15, -0.1) is 0 Å². The van der Waals surface area contributed by atoms with Crippen molar-refractivity contribution < 1.29 is 39.2 Å². The van der Waals surface area contributed by atoms with Gasteiger partial charge in [0, 0.05) is 20.4 Å². The monoisotopic (exact) mass is 398 g/mol. The van der Waals surface area contributed by atoms with Gasteiger partial charge in [-0.2, -0.15) is 0 Å². The molecule has 1 fully saturated rings. The maximum atomic E-state index is 10.3. The summed E-state index contributed by atoms with van der Waals surface area (Å²) in [7, 11) is 0. The Morgan fingerprint density at radius 3 is 1.40 bits per heavy atom. The van der Waals surface area contributed by atoms with Crippen LogP contribution in [-0.4, -0.2) is 5.24 Å². The molecule has 0 aromatic heterocycles. The first-order chi connectivity index (χ1) is 6.80. The molecule has 0 aromatic rings. The second-order valence-electron chi connectivity index (χ2n) is 1.45. The molecule has 6 radical (unpaired) electrons. The number of carbonyl (C=O) groups is 1. The standard InChI is InChI=1S/C6H4ClO.3CO.Re/c7-6(8)5-3-1-2-4-5;3*1-2;/h1-4H;;;;. The van der Waals surface area contributed by atoms with Gasteiger partial charge in [0.25, 0.3) is 0 Å². The van der Waals surface area contributed by atoms with Crippen molar-refractivity contribution in [2.75, 3.05) is 0 Å². The third kappa shape index (κ3) is 16.5. The van der Waals surface area contributed by atoms with Crippen LogP contribution in [0.4, 0.5) is 0 Å². The molecule has 0 unspecified atom stereocenters. The molecule has 0 heterocycles. The smallest absolute Gasteiger partial charge is 0 e. The summed E-state index contributed by atoms with van der Waals surface area (Å²) in [6.45, 7) is 13.5. The van der Waals surface area contributed by atoms with Crippen molar-refractivity contribution in [2.24, 2.45) is 0 Å². The van der Waals surface area contributed by atoms with Crippen LogP contribution in [0.15, 0.2) is 0 Å². The molecule has 0 spiro atoms. The Bertz CT molecular complexity index is 180. The van der Waals surface area contributed by atoms with Gasteiger partial charge in [0.1, 0.15) is 0 Å². The van der Waals surface area contributed by atoms with Gasteiger partial charge in [0.05, 0.1) is 5.92 Å². The predicted octanol–water partition coefficient (Wildman–Crippen LogP) is 1.04. The van der Waals surface area contributed by atoms with Crippen molar-refractivity contribution in [3.05, 3.63) is 51.6 Å². The van der Waals surface area contributed by atoms with E-state index in [0.29, 0.717) is 5.92 Å². The molecule has 0 bridgehead atoms. The van der Waals surface area contributed by atoms with Crippen LogP contribution in [-0.2, 0) is 39.2 Å². The third-order valence-corrected chi connectivity index (χ3v) is 1.11. The summed E-state index contributed by atoms with van der Waals surface area (Å²) in [5.74, 6) is 0.562. The molecular weight excluding hydrogens is 394 g/mol. The predicted molar refractivity (Wildman–Crippen MR) is 43.1 cm³/mol. The number of hydrogen-bond acceptors (Lipinski definition) is 1. The van der Waals surface area contributed by atoms with E-state index in [-0.39, 0.29) is 20.4 Å². The molecule has 1 aliphatic rings. The molecule has 0 aromatic carbocycles. The summed E-state index contributed by atoms with van der Waals surface area (Å²) in [5, 5.41) is -0.394. The molecule has 0 atom stereocenters. The molecule has 0 aliphatic heterocycles. The first kappa shape index (κ1) is 24.2. The summed E-state index contributed by atoms with van der Waals surface area (Å²) < 4.78 is 22.5. The SMILES string of the molecule is O=C(Cl)[C]1[CH][CH][CH][CH]1.[C-]#[O+].[C-]#[O+].[C-]#[O+].[Re]. The summed E-state index contributed by atoms with van der Waals surface area (Å²) in [6.07, 6.45) is 6.90. The van der Waals surface area contributed by atoms with Crippen molar-refractivity contribution in [1.82, 2.24) is 0 Å². The van der Waals surface area contributed by atoms with Gasteiger partial charge in [-0.3, -0.25) is 4.79 Å². The number of rotatable bonds is 1. The van der Waals surface area contributed by atoms with Crippen LogP contribution in [0.2, 0.25) is 0 Å². The molecule has 1 rings (SSSR count). The van der Waals surface area contributed by atoms with Gasteiger partial charge in [-0.05, 0) is 37.3 Å². The van der Waals surface area contributed by atoms with Crippen LogP contribution in [0.3, 0.4) is 0 Å². The van der Waals surface area contributed by atoms with Crippen molar-refractivity contribution in [3.8, 4) is 0 Å². The fourth-order valence-electron chi connectivity index (χ4n) is 0.505. The Labute approximate surface area is 108 Å². The van der Waals surface area contributed by atoms with Gasteiger partial charge in [-0.25, -0.2) is 0 Å². The zero-order valence-electron chi connectivity index (χ0n) is 7.20. The summed E-state index contributed by atoms with van der Waals surface area (Å²) in [5.41, 5.74) is 0. The Morgan fingerprint density at radius 1 is 1.00 bits per heavy atom. The fraction of sp³-hybridized carbons (Fsp3) is 0. The Hall–Kier alpha value is -0.158. The minimum Gasteiger partial charge on any atom is 0 e. The average Bonchev–Trinajstić information content (AvgIpc) is 2.80. The number of halogens is 1. The van der Waals surface area contributed by atoms with Crippen molar-refractivity contribution in [3.63, 3.8) is 0 Å². The van der Waals surface area contributed by atoms with Crippen LogP contribution < -0.4 is 0 Å². The Kier molecular flexibility index (Phi) is 38.0. The quantitative estimate of drug-likeness (QED) is 0.370. The second-order valence-corrected chi connectivity index (χ2v) is 1.79. The van der Waals surface area contributed by atoms with Gasteiger partial charge in [-0.1, -0.05) is 0 Å². The van der Waals surface area contributed by atoms with Gasteiger partial charge < -0.3 is 0 Å². The van der Waals surface area contributed by atoms with Crippen molar-refractivity contribution in [1.29, 1.82) is 0 Å². The molecule has 0 N–H and O–H groups in total. The largest absolute Gasteiger partial charge is 0 e. The van der Waals surface area contributed by atoms with E-state index in [1.807, 2.05) is 0 Å². The topological polar surface area (TPSA) is 76.8 Å². The molecule has 1 aliphatic carbocycles. The average molecular weight is 398 g/mol. The van der Waals surface area contributed by atoms with Crippen molar-refractivity contribution in [2.45, 2.75) is 0 Å². The van der Waals surface area contributed by atoms with Crippen LogP contribution >= 0.6 is 11.6 Å². The maximum Gasteiger partial charge on any atom is 0 e. The molecule has 6 heteroatoms. The molecule has 0 saturated heterocycles. The summed E-state index contributed by atoms with van der Waals surface area (Å²) in [4.78, 5) is 10.3. The molecule has 15 heavy (non-hydrogen) atoms. The minimum atomic E-state index is -0.394. The second kappa shape index (κ2) is 23.6. The molecular formula is C9H4ClO4Re. The Balaban J connectivity index is -0.0000000755. The zero-order chi connectivity index (χ0) is 12.0. The van der Waals surface area contributed by atoms with Crippen LogP contribution in [0.25, 0.3) is 0 Å². The van der Waals surface area contributed by atoms with Crippen LogP contribution in [0.5, 0.6) is 0 Å². The van der Waals surface area contributed by atoms with Crippen molar-refractivity contribution >= 4 is 16.8 Å². The molecule has 4 nitrogen and oxygen atoms in total.